The van der Waals surface area contributed by atoms with Gasteiger partial charge in [-0.3, -0.25) is 0 Å². The van der Waals surface area contributed by atoms with Crippen molar-refractivity contribution in [3.63, 3.8) is 0 Å². The minimum Gasteiger partial charge on any atom is -0.480 e. The van der Waals surface area contributed by atoms with Crippen LogP contribution < -0.4 is 10.6 Å². The highest BCUT2D eigenvalue weighted by atomic mass is 16.4. The van der Waals surface area contributed by atoms with Crippen LogP contribution in [0.2, 0.25) is 0 Å². The molecular formula is C16H18N2O3. The lowest BCUT2D eigenvalue weighted by atomic mass is 10.0. The minimum absolute atomic E-state index is 0.344. The van der Waals surface area contributed by atoms with Crippen molar-refractivity contribution >= 4 is 22.8 Å². The summed E-state index contributed by atoms with van der Waals surface area (Å²) in [6, 6.07) is 12.5. The lowest BCUT2D eigenvalue weighted by Gasteiger charge is -2.14. The van der Waals surface area contributed by atoms with Crippen LogP contribution >= 0.6 is 0 Å². The van der Waals surface area contributed by atoms with Gasteiger partial charge in [-0.2, -0.15) is 0 Å². The van der Waals surface area contributed by atoms with Gasteiger partial charge in [-0.25, -0.2) is 9.59 Å². The van der Waals surface area contributed by atoms with Crippen molar-refractivity contribution in [3.05, 3.63) is 48.0 Å². The number of benzene rings is 2. The number of hydrogen-bond acceptors (Lipinski definition) is 2. The van der Waals surface area contributed by atoms with Crippen LogP contribution in [0.3, 0.4) is 0 Å². The van der Waals surface area contributed by atoms with Crippen LogP contribution in [-0.2, 0) is 11.3 Å². The SMILES string of the molecule is CC[C@H](NC(=O)NCc1cccc2ccccc12)C(=O)O. The van der Waals surface area contributed by atoms with Crippen LogP contribution in [0.4, 0.5) is 4.79 Å². The van der Waals surface area contributed by atoms with Crippen molar-refractivity contribution in [2.24, 2.45) is 0 Å². The van der Waals surface area contributed by atoms with Gasteiger partial charge in [0.2, 0.25) is 0 Å². The van der Waals surface area contributed by atoms with Gasteiger partial charge in [0.15, 0.2) is 0 Å². The van der Waals surface area contributed by atoms with E-state index in [1.165, 1.54) is 0 Å². The number of fused-ring (bicyclic) bond motifs is 1. The fourth-order valence-electron chi connectivity index (χ4n) is 2.17. The molecule has 1 atom stereocenters. The molecule has 0 saturated carbocycles. The van der Waals surface area contributed by atoms with E-state index in [0.29, 0.717) is 13.0 Å². The molecule has 0 aromatic heterocycles. The van der Waals surface area contributed by atoms with E-state index >= 15 is 0 Å². The second-order valence-electron chi connectivity index (χ2n) is 4.76. The fraction of sp³-hybridized carbons (Fsp3) is 0.250. The number of carbonyl (C=O) groups excluding carboxylic acids is 1. The van der Waals surface area contributed by atoms with Crippen molar-refractivity contribution < 1.29 is 14.7 Å². The van der Waals surface area contributed by atoms with Crippen LogP contribution in [-0.4, -0.2) is 23.1 Å². The van der Waals surface area contributed by atoms with Crippen molar-refractivity contribution in [3.8, 4) is 0 Å². The molecule has 0 radical (unpaired) electrons. The first-order chi connectivity index (χ1) is 10.1. The molecule has 0 aliphatic carbocycles. The van der Waals surface area contributed by atoms with Crippen molar-refractivity contribution in [2.75, 3.05) is 0 Å². The van der Waals surface area contributed by atoms with E-state index < -0.39 is 18.0 Å². The number of carboxylic acid groups (broad SMARTS) is 1. The number of aliphatic carboxylic acids is 1. The molecule has 0 saturated heterocycles. The molecule has 2 aromatic carbocycles. The summed E-state index contributed by atoms with van der Waals surface area (Å²) in [5, 5.41) is 16.2. The average molecular weight is 286 g/mol. The standard InChI is InChI=1S/C16H18N2O3/c1-2-14(15(19)20)18-16(21)17-10-12-8-5-7-11-6-3-4-9-13(11)12/h3-9,14H,2,10H2,1H3,(H,19,20)(H2,17,18,21)/t14-/m0/s1. The molecule has 21 heavy (non-hydrogen) atoms. The summed E-state index contributed by atoms with van der Waals surface area (Å²) in [7, 11) is 0. The quantitative estimate of drug-likeness (QED) is 0.790. The Morgan fingerprint density at radius 3 is 2.57 bits per heavy atom. The molecule has 0 fully saturated rings. The molecule has 2 aromatic rings. The Morgan fingerprint density at radius 2 is 1.86 bits per heavy atom. The Hall–Kier alpha value is -2.56. The molecule has 5 nitrogen and oxygen atoms in total. The number of carbonyl (C=O) groups is 2. The highest BCUT2D eigenvalue weighted by Gasteiger charge is 2.17. The molecule has 0 spiro atoms. The summed E-state index contributed by atoms with van der Waals surface area (Å²) < 4.78 is 0. The Morgan fingerprint density at radius 1 is 1.14 bits per heavy atom. The van der Waals surface area contributed by atoms with E-state index in [2.05, 4.69) is 10.6 Å². The maximum atomic E-state index is 11.7. The number of rotatable bonds is 5. The van der Waals surface area contributed by atoms with Crippen molar-refractivity contribution in [1.29, 1.82) is 0 Å². The second-order valence-corrected chi connectivity index (χ2v) is 4.76. The van der Waals surface area contributed by atoms with E-state index in [9.17, 15) is 9.59 Å². The summed E-state index contributed by atoms with van der Waals surface area (Å²) >= 11 is 0. The monoisotopic (exact) mass is 286 g/mol. The highest BCUT2D eigenvalue weighted by molar-refractivity contribution is 5.86. The number of amides is 2. The van der Waals surface area contributed by atoms with E-state index in [1.54, 1.807) is 6.92 Å². The van der Waals surface area contributed by atoms with Gasteiger partial charge in [-0.15, -0.1) is 0 Å². The zero-order valence-electron chi connectivity index (χ0n) is 11.8. The highest BCUT2D eigenvalue weighted by Crippen LogP contribution is 2.18. The molecular weight excluding hydrogens is 268 g/mol. The summed E-state index contributed by atoms with van der Waals surface area (Å²) in [5.41, 5.74) is 0.992. The minimum atomic E-state index is -1.03. The van der Waals surface area contributed by atoms with Gasteiger partial charge in [0.05, 0.1) is 0 Å². The van der Waals surface area contributed by atoms with Gasteiger partial charge in [-0.1, -0.05) is 49.4 Å². The Labute approximate surface area is 123 Å². The molecule has 2 rings (SSSR count). The lowest BCUT2D eigenvalue weighted by Crippen LogP contribution is -2.45. The predicted molar refractivity (Wildman–Crippen MR) is 81.0 cm³/mol. The molecule has 0 unspecified atom stereocenters. The number of carboxylic acids is 1. The molecule has 5 heteroatoms. The second kappa shape index (κ2) is 6.74. The molecule has 0 aliphatic heterocycles. The van der Waals surface area contributed by atoms with Gasteiger partial charge >= 0.3 is 12.0 Å². The number of urea groups is 1. The fourth-order valence-corrected chi connectivity index (χ4v) is 2.17. The molecule has 110 valence electrons. The Bertz CT molecular complexity index is 650. The predicted octanol–water partition coefficient (Wildman–Crippen LogP) is 2.50. The van der Waals surface area contributed by atoms with E-state index in [0.717, 1.165) is 16.3 Å². The van der Waals surface area contributed by atoms with Gasteiger partial charge in [0.25, 0.3) is 0 Å². The van der Waals surface area contributed by atoms with E-state index in [4.69, 9.17) is 5.11 Å². The summed E-state index contributed by atoms with van der Waals surface area (Å²) in [6.45, 7) is 2.06. The third-order valence-electron chi connectivity index (χ3n) is 3.33. The van der Waals surface area contributed by atoms with Crippen molar-refractivity contribution in [1.82, 2.24) is 10.6 Å². The normalized spacial score (nSPS) is 11.9. The van der Waals surface area contributed by atoms with Crippen LogP contribution in [0.1, 0.15) is 18.9 Å². The summed E-state index contributed by atoms with van der Waals surface area (Å²) in [5.74, 6) is -1.03. The first-order valence-corrected chi connectivity index (χ1v) is 6.85. The van der Waals surface area contributed by atoms with Crippen LogP contribution in [0.25, 0.3) is 10.8 Å². The van der Waals surface area contributed by atoms with E-state index in [-0.39, 0.29) is 0 Å². The summed E-state index contributed by atoms with van der Waals surface area (Å²) in [4.78, 5) is 22.6. The first kappa shape index (κ1) is 14.8. The van der Waals surface area contributed by atoms with Gasteiger partial charge < -0.3 is 15.7 Å². The molecule has 0 heterocycles. The maximum absolute atomic E-state index is 11.7. The smallest absolute Gasteiger partial charge is 0.326 e. The molecule has 3 N–H and O–H groups in total. The largest absolute Gasteiger partial charge is 0.480 e. The third kappa shape index (κ3) is 3.72. The lowest BCUT2D eigenvalue weighted by molar-refractivity contribution is -0.139. The maximum Gasteiger partial charge on any atom is 0.326 e. The molecule has 0 aliphatic rings. The van der Waals surface area contributed by atoms with Crippen LogP contribution in [0.5, 0.6) is 0 Å². The Balaban J connectivity index is 2.02. The summed E-state index contributed by atoms with van der Waals surface area (Å²) in [6.07, 6.45) is 0.344. The third-order valence-corrected chi connectivity index (χ3v) is 3.33. The number of hydrogen-bond donors (Lipinski definition) is 3. The average Bonchev–Trinajstić information content (AvgIpc) is 2.50. The first-order valence-electron chi connectivity index (χ1n) is 6.85. The van der Waals surface area contributed by atoms with Crippen molar-refractivity contribution in [2.45, 2.75) is 25.9 Å². The van der Waals surface area contributed by atoms with Crippen LogP contribution in [0.15, 0.2) is 42.5 Å². The van der Waals surface area contributed by atoms with Gasteiger partial charge in [0.1, 0.15) is 6.04 Å². The van der Waals surface area contributed by atoms with Gasteiger partial charge in [-0.05, 0) is 22.8 Å². The van der Waals surface area contributed by atoms with Gasteiger partial charge in [0, 0.05) is 6.54 Å². The zero-order valence-corrected chi connectivity index (χ0v) is 11.8. The topological polar surface area (TPSA) is 78.4 Å². The number of nitrogens with one attached hydrogen (secondary N) is 2. The van der Waals surface area contributed by atoms with Crippen LogP contribution in [0, 0.1) is 0 Å². The molecule has 2 amide bonds. The Kier molecular flexibility index (Phi) is 4.77. The van der Waals surface area contributed by atoms with E-state index in [1.807, 2.05) is 42.5 Å². The zero-order chi connectivity index (χ0) is 15.2. The molecule has 0 bridgehead atoms.